The molecule has 21 heavy (non-hydrogen) atoms. The Labute approximate surface area is 128 Å². The third-order valence-corrected chi connectivity index (χ3v) is 3.14. The molecule has 2 aromatic rings. The summed E-state index contributed by atoms with van der Waals surface area (Å²) in [5.41, 5.74) is 0.582. The van der Waals surface area contributed by atoms with Gasteiger partial charge in [0.05, 0.1) is 5.60 Å². The van der Waals surface area contributed by atoms with E-state index in [1.54, 1.807) is 45.2 Å². The van der Waals surface area contributed by atoms with E-state index >= 15 is 0 Å². The number of carbonyl (C=O) groups excluding carboxylic acids is 1. The zero-order valence-electron chi connectivity index (χ0n) is 12.1. The second-order valence-corrected chi connectivity index (χ2v) is 5.99. The van der Waals surface area contributed by atoms with Crippen LogP contribution in [0.2, 0.25) is 5.02 Å². The van der Waals surface area contributed by atoms with Crippen LogP contribution in [0.25, 0.3) is 11.3 Å². The Morgan fingerprint density at radius 3 is 2.57 bits per heavy atom. The van der Waals surface area contributed by atoms with Gasteiger partial charge in [-0.3, -0.25) is 4.79 Å². The van der Waals surface area contributed by atoms with Crippen LogP contribution in [-0.4, -0.2) is 40.3 Å². The van der Waals surface area contributed by atoms with Gasteiger partial charge in [0.1, 0.15) is 17.5 Å². The van der Waals surface area contributed by atoms with E-state index in [4.69, 9.17) is 16.1 Å². The van der Waals surface area contributed by atoms with Crippen molar-refractivity contribution in [2.45, 2.75) is 19.4 Å². The van der Waals surface area contributed by atoms with Crippen molar-refractivity contribution >= 4 is 17.5 Å². The Hall–Kier alpha value is -1.85. The standard InChI is InChI=1S/C15H17ClN2O3/c1-15(2,20)9-18(3)14(19)12-8-21-17-13(12)10-4-6-11(16)7-5-10/h4-8,20H,9H2,1-3H3. The zero-order valence-corrected chi connectivity index (χ0v) is 12.9. The number of benzene rings is 1. The Morgan fingerprint density at radius 1 is 1.38 bits per heavy atom. The minimum Gasteiger partial charge on any atom is -0.389 e. The number of hydrogen-bond donors (Lipinski definition) is 1. The fourth-order valence-corrected chi connectivity index (χ4v) is 2.19. The lowest BCUT2D eigenvalue weighted by Crippen LogP contribution is -2.39. The maximum Gasteiger partial charge on any atom is 0.259 e. The van der Waals surface area contributed by atoms with Gasteiger partial charge in [0.15, 0.2) is 0 Å². The average Bonchev–Trinajstić information content (AvgIpc) is 2.85. The van der Waals surface area contributed by atoms with E-state index in [-0.39, 0.29) is 12.5 Å². The third kappa shape index (κ3) is 3.83. The van der Waals surface area contributed by atoms with Gasteiger partial charge in [-0.25, -0.2) is 0 Å². The number of carbonyl (C=O) groups is 1. The van der Waals surface area contributed by atoms with E-state index in [9.17, 15) is 9.90 Å². The first-order chi connectivity index (χ1) is 9.78. The highest BCUT2D eigenvalue weighted by molar-refractivity contribution is 6.30. The van der Waals surface area contributed by atoms with Gasteiger partial charge in [0.2, 0.25) is 0 Å². The van der Waals surface area contributed by atoms with Gasteiger partial charge in [0.25, 0.3) is 5.91 Å². The maximum atomic E-state index is 12.4. The lowest BCUT2D eigenvalue weighted by Gasteiger charge is -2.25. The Kier molecular flexibility index (Phi) is 4.34. The molecule has 2 rings (SSSR count). The van der Waals surface area contributed by atoms with Crippen LogP contribution < -0.4 is 0 Å². The highest BCUT2D eigenvalue weighted by Crippen LogP contribution is 2.25. The van der Waals surface area contributed by atoms with Gasteiger partial charge in [-0.15, -0.1) is 0 Å². The number of amides is 1. The van der Waals surface area contributed by atoms with Crippen molar-refractivity contribution in [2.75, 3.05) is 13.6 Å². The average molecular weight is 309 g/mol. The summed E-state index contributed by atoms with van der Waals surface area (Å²) in [5.74, 6) is -0.261. The van der Waals surface area contributed by atoms with Gasteiger partial charge in [-0.05, 0) is 26.0 Å². The number of rotatable bonds is 4. The molecule has 1 N–H and O–H groups in total. The molecular formula is C15H17ClN2O3. The smallest absolute Gasteiger partial charge is 0.259 e. The first kappa shape index (κ1) is 15.5. The molecule has 1 heterocycles. The maximum absolute atomic E-state index is 12.4. The van der Waals surface area contributed by atoms with E-state index < -0.39 is 5.60 Å². The fraction of sp³-hybridized carbons (Fsp3) is 0.333. The highest BCUT2D eigenvalue weighted by atomic mass is 35.5. The lowest BCUT2D eigenvalue weighted by molar-refractivity contribution is 0.0368. The van der Waals surface area contributed by atoms with Gasteiger partial charge >= 0.3 is 0 Å². The molecule has 1 aromatic heterocycles. The van der Waals surface area contributed by atoms with E-state index in [2.05, 4.69) is 5.16 Å². The molecule has 0 radical (unpaired) electrons. The number of hydrogen-bond acceptors (Lipinski definition) is 4. The van der Waals surface area contributed by atoms with Crippen molar-refractivity contribution in [3.63, 3.8) is 0 Å². The molecule has 112 valence electrons. The molecule has 0 unspecified atom stereocenters. The lowest BCUT2D eigenvalue weighted by atomic mass is 10.1. The van der Waals surface area contributed by atoms with E-state index in [0.717, 1.165) is 5.56 Å². The summed E-state index contributed by atoms with van der Waals surface area (Å²) < 4.78 is 4.94. The molecule has 0 bridgehead atoms. The van der Waals surface area contributed by atoms with Crippen LogP contribution in [0.4, 0.5) is 0 Å². The second-order valence-electron chi connectivity index (χ2n) is 5.56. The molecule has 0 saturated carbocycles. The third-order valence-electron chi connectivity index (χ3n) is 2.89. The molecule has 0 saturated heterocycles. The molecule has 6 heteroatoms. The molecule has 1 aromatic carbocycles. The first-order valence-corrected chi connectivity index (χ1v) is 6.84. The topological polar surface area (TPSA) is 66.6 Å². The fourth-order valence-electron chi connectivity index (χ4n) is 2.06. The first-order valence-electron chi connectivity index (χ1n) is 6.46. The molecule has 0 aliphatic heterocycles. The molecule has 0 aliphatic carbocycles. The number of aromatic nitrogens is 1. The van der Waals surface area contributed by atoms with Gasteiger partial charge in [0, 0.05) is 24.2 Å². The Morgan fingerprint density at radius 2 is 2.00 bits per heavy atom. The van der Waals surface area contributed by atoms with Gasteiger partial charge in [-0.2, -0.15) is 0 Å². The molecular weight excluding hydrogens is 292 g/mol. The summed E-state index contributed by atoms with van der Waals surface area (Å²) in [6.45, 7) is 3.49. The largest absolute Gasteiger partial charge is 0.389 e. The van der Waals surface area contributed by atoms with Crippen LogP contribution in [0, 0.1) is 0 Å². The van der Waals surface area contributed by atoms with Crippen LogP contribution in [0.15, 0.2) is 35.1 Å². The predicted molar refractivity (Wildman–Crippen MR) is 80.2 cm³/mol. The molecule has 1 amide bonds. The van der Waals surface area contributed by atoms with Crippen molar-refractivity contribution in [2.24, 2.45) is 0 Å². The van der Waals surface area contributed by atoms with Crippen LogP contribution in [0.1, 0.15) is 24.2 Å². The number of halogens is 1. The predicted octanol–water partition coefficient (Wildman–Crippen LogP) is 2.84. The number of likely N-dealkylation sites (N-methyl/N-ethyl adjacent to an activating group) is 1. The van der Waals surface area contributed by atoms with E-state index in [1.807, 2.05) is 0 Å². The summed E-state index contributed by atoms with van der Waals surface area (Å²) in [5, 5.41) is 14.3. The summed E-state index contributed by atoms with van der Waals surface area (Å²) >= 11 is 5.85. The summed E-state index contributed by atoms with van der Waals surface area (Å²) in [6.07, 6.45) is 1.31. The molecule has 0 spiro atoms. The quantitative estimate of drug-likeness (QED) is 0.943. The van der Waals surface area contributed by atoms with Crippen molar-refractivity contribution in [3.05, 3.63) is 41.1 Å². The van der Waals surface area contributed by atoms with Gasteiger partial charge < -0.3 is 14.5 Å². The molecule has 0 atom stereocenters. The van der Waals surface area contributed by atoms with Crippen molar-refractivity contribution in [3.8, 4) is 11.3 Å². The summed E-state index contributed by atoms with van der Waals surface area (Å²) in [4.78, 5) is 13.9. The van der Waals surface area contributed by atoms with Crippen LogP contribution >= 0.6 is 11.6 Å². The van der Waals surface area contributed by atoms with Crippen LogP contribution in [0.3, 0.4) is 0 Å². The normalized spacial score (nSPS) is 11.5. The van der Waals surface area contributed by atoms with Crippen LogP contribution in [0.5, 0.6) is 0 Å². The minimum absolute atomic E-state index is 0.205. The van der Waals surface area contributed by atoms with Crippen molar-refractivity contribution in [1.82, 2.24) is 10.1 Å². The zero-order chi connectivity index (χ0) is 15.6. The molecule has 0 fully saturated rings. The minimum atomic E-state index is -0.970. The Balaban J connectivity index is 2.28. The van der Waals surface area contributed by atoms with E-state index in [1.165, 1.54) is 11.2 Å². The summed E-state index contributed by atoms with van der Waals surface area (Å²) in [7, 11) is 1.62. The Bertz CT molecular complexity index is 629. The van der Waals surface area contributed by atoms with Crippen LogP contribution in [-0.2, 0) is 0 Å². The number of aliphatic hydroxyl groups is 1. The molecule has 0 aliphatic rings. The van der Waals surface area contributed by atoms with E-state index in [0.29, 0.717) is 16.3 Å². The monoisotopic (exact) mass is 308 g/mol. The van der Waals surface area contributed by atoms with Crippen molar-refractivity contribution in [1.29, 1.82) is 0 Å². The van der Waals surface area contributed by atoms with Gasteiger partial charge in [-0.1, -0.05) is 28.9 Å². The summed E-state index contributed by atoms with van der Waals surface area (Å²) in [6, 6.07) is 6.99. The molecule has 5 nitrogen and oxygen atoms in total. The SMILES string of the molecule is CN(CC(C)(C)O)C(=O)c1conc1-c1ccc(Cl)cc1. The second kappa shape index (κ2) is 5.87. The number of nitrogens with zero attached hydrogens (tertiary/aromatic N) is 2. The van der Waals surface area contributed by atoms with Crippen molar-refractivity contribution < 1.29 is 14.4 Å². The highest BCUT2D eigenvalue weighted by Gasteiger charge is 2.24.